The number of aromatic nitrogens is 3. The molecule has 3 rings (SSSR count). The number of nitrogens with zero attached hydrogens (tertiary/aromatic N) is 4. The van der Waals surface area contributed by atoms with E-state index in [9.17, 15) is 0 Å². The summed E-state index contributed by atoms with van der Waals surface area (Å²) in [5.74, 6) is 0.767. The molecule has 0 bridgehead atoms. The molecule has 20 heavy (non-hydrogen) atoms. The van der Waals surface area contributed by atoms with E-state index in [2.05, 4.69) is 19.9 Å². The number of nitrogens with two attached hydrogens (primary N) is 1. The molecule has 2 aromatic rings. The average Bonchev–Trinajstić information content (AvgIpc) is 2.56. The Morgan fingerprint density at radius 2 is 2.05 bits per heavy atom. The number of pyridine rings is 1. The summed E-state index contributed by atoms with van der Waals surface area (Å²) >= 11 is 0. The van der Waals surface area contributed by atoms with Crippen LogP contribution in [0, 0.1) is 0 Å². The van der Waals surface area contributed by atoms with Gasteiger partial charge in [0, 0.05) is 31.5 Å². The van der Waals surface area contributed by atoms with Gasteiger partial charge in [-0.05, 0) is 37.5 Å². The molecule has 3 heterocycles. The van der Waals surface area contributed by atoms with Crippen LogP contribution in [-0.4, -0.2) is 34.1 Å². The summed E-state index contributed by atoms with van der Waals surface area (Å²) < 4.78 is 0. The second-order valence-corrected chi connectivity index (χ2v) is 5.04. The molecule has 1 saturated heterocycles. The number of hydrogen-bond donors (Lipinski definition) is 1. The van der Waals surface area contributed by atoms with Gasteiger partial charge in [-0.2, -0.15) is 0 Å². The molecule has 1 aliphatic rings. The summed E-state index contributed by atoms with van der Waals surface area (Å²) in [5, 5.41) is 0. The van der Waals surface area contributed by atoms with Crippen LogP contribution in [-0.2, 0) is 0 Å². The highest BCUT2D eigenvalue weighted by molar-refractivity contribution is 5.55. The highest BCUT2D eigenvalue weighted by atomic mass is 15.3. The molecule has 1 unspecified atom stereocenters. The summed E-state index contributed by atoms with van der Waals surface area (Å²) in [4.78, 5) is 15.7. The lowest BCUT2D eigenvalue weighted by Crippen LogP contribution is -2.45. The second kappa shape index (κ2) is 5.96. The van der Waals surface area contributed by atoms with Crippen LogP contribution in [0.3, 0.4) is 0 Å². The van der Waals surface area contributed by atoms with Crippen LogP contribution in [0.1, 0.15) is 19.3 Å². The predicted octanol–water partition coefficient (Wildman–Crippen LogP) is 1.86. The van der Waals surface area contributed by atoms with Crippen LogP contribution < -0.4 is 10.6 Å². The molecule has 0 amide bonds. The van der Waals surface area contributed by atoms with Crippen LogP contribution in [0.2, 0.25) is 0 Å². The van der Waals surface area contributed by atoms with Crippen molar-refractivity contribution < 1.29 is 0 Å². The average molecular weight is 269 g/mol. The minimum atomic E-state index is 0.350. The molecule has 2 aromatic heterocycles. The van der Waals surface area contributed by atoms with Crippen molar-refractivity contribution in [3.8, 4) is 11.4 Å². The van der Waals surface area contributed by atoms with E-state index in [1.54, 1.807) is 12.4 Å². The van der Waals surface area contributed by atoms with Crippen molar-refractivity contribution in [2.24, 2.45) is 5.73 Å². The number of rotatable bonds is 3. The third kappa shape index (κ3) is 2.63. The first-order valence-corrected chi connectivity index (χ1v) is 7.09. The van der Waals surface area contributed by atoms with Crippen molar-refractivity contribution in [1.82, 2.24) is 15.0 Å². The molecule has 0 aromatic carbocycles. The third-order valence-electron chi connectivity index (χ3n) is 3.73. The first kappa shape index (κ1) is 13.0. The van der Waals surface area contributed by atoms with Crippen LogP contribution in [0.15, 0.2) is 36.7 Å². The minimum Gasteiger partial charge on any atom is -0.337 e. The lowest BCUT2D eigenvalue weighted by atomic mass is 10.0. The Labute approximate surface area is 118 Å². The first-order chi connectivity index (χ1) is 9.88. The van der Waals surface area contributed by atoms with E-state index in [4.69, 9.17) is 5.73 Å². The Morgan fingerprint density at radius 1 is 1.10 bits per heavy atom. The van der Waals surface area contributed by atoms with Crippen molar-refractivity contribution in [2.75, 3.05) is 18.0 Å². The van der Waals surface area contributed by atoms with Gasteiger partial charge in [-0.1, -0.05) is 6.07 Å². The molecular weight excluding hydrogens is 250 g/mol. The normalized spacial score (nSPS) is 19.1. The van der Waals surface area contributed by atoms with Crippen molar-refractivity contribution in [3.63, 3.8) is 0 Å². The van der Waals surface area contributed by atoms with Crippen molar-refractivity contribution in [2.45, 2.75) is 25.3 Å². The topological polar surface area (TPSA) is 67.9 Å². The van der Waals surface area contributed by atoms with Crippen LogP contribution in [0.5, 0.6) is 0 Å². The van der Waals surface area contributed by atoms with Gasteiger partial charge < -0.3 is 10.6 Å². The fraction of sp³-hybridized carbons (Fsp3) is 0.400. The fourth-order valence-electron chi connectivity index (χ4n) is 2.65. The van der Waals surface area contributed by atoms with Gasteiger partial charge in [-0.3, -0.25) is 4.98 Å². The Morgan fingerprint density at radius 3 is 2.85 bits per heavy atom. The Kier molecular flexibility index (Phi) is 3.87. The zero-order chi connectivity index (χ0) is 13.8. The molecule has 1 fully saturated rings. The minimum absolute atomic E-state index is 0.350. The van der Waals surface area contributed by atoms with Gasteiger partial charge >= 0.3 is 0 Å². The molecule has 0 saturated carbocycles. The van der Waals surface area contributed by atoms with Crippen molar-refractivity contribution >= 4 is 5.95 Å². The van der Waals surface area contributed by atoms with E-state index in [-0.39, 0.29) is 0 Å². The fourth-order valence-corrected chi connectivity index (χ4v) is 2.65. The van der Waals surface area contributed by atoms with Gasteiger partial charge in [-0.25, -0.2) is 9.97 Å². The summed E-state index contributed by atoms with van der Waals surface area (Å²) in [6.45, 7) is 1.63. The lowest BCUT2D eigenvalue weighted by Gasteiger charge is -2.35. The van der Waals surface area contributed by atoms with Gasteiger partial charge in [0.1, 0.15) is 0 Å². The monoisotopic (exact) mass is 269 g/mol. The number of piperidine rings is 1. The maximum atomic E-state index is 5.87. The van der Waals surface area contributed by atoms with Crippen LogP contribution >= 0.6 is 0 Å². The van der Waals surface area contributed by atoms with Gasteiger partial charge in [0.05, 0.1) is 11.4 Å². The highest BCUT2D eigenvalue weighted by Crippen LogP contribution is 2.23. The maximum Gasteiger partial charge on any atom is 0.226 e. The quantitative estimate of drug-likeness (QED) is 0.921. The van der Waals surface area contributed by atoms with E-state index in [1.165, 1.54) is 12.8 Å². The third-order valence-corrected chi connectivity index (χ3v) is 3.73. The number of hydrogen-bond acceptors (Lipinski definition) is 5. The summed E-state index contributed by atoms with van der Waals surface area (Å²) in [5.41, 5.74) is 7.60. The van der Waals surface area contributed by atoms with Gasteiger partial charge in [0.25, 0.3) is 0 Å². The van der Waals surface area contributed by atoms with E-state index >= 15 is 0 Å². The molecule has 2 N–H and O–H groups in total. The first-order valence-electron chi connectivity index (χ1n) is 7.09. The second-order valence-electron chi connectivity index (χ2n) is 5.04. The molecule has 104 valence electrons. The van der Waals surface area contributed by atoms with E-state index < -0.39 is 0 Å². The molecule has 0 radical (unpaired) electrons. The Hall–Kier alpha value is -2.01. The van der Waals surface area contributed by atoms with E-state index in [0.717, 1.165) is 30.3 Å². The summed E-state index contributed by atoms with van der Waals surface area (Å²) in [6, 6.07) is 8.08. The molecule has 5 nitrogen and oxygen atoms in total. The molecular formula is C15H19N5. The zero-order valence-electron chi connectivity index (χ0n) is 11.4. The predicted molar refractivity (Wildman–Crippen MR) is 79.3 cm³/mol. The van der Waals surface area contributed by atoms with Gasteiger partial charge in [0.15, 0.2) is 0 Å². The Balaban J connectivity index is 1.91. The van der Waals surface area contributed by atoms with E-state index in [1.807, 2.05) is 24.3 Å². The van der Waals surface area contributed by atoms with Gasteiger partial charge in [0.2, 0.25) is 5.95 Å². The smallest absolute Gasteiger partial charge is 0.226 e. The molecule has 0 aliphatic carbocycles. The zero-order valence-corrected chi connectivity index (χ0v) is 11.4. The SMILES string of the molecule is NCC1CCCCN1c1nccc(-c2ccccn2)n1. The van der Waals surface area contributed by atoms with Crippen molar-refractivity contribution in [3.05, 3.63) is 36.7 Å². The van der Waals surface area contributed by atoms with Crippen LogP contribution in [0.25, 0.3) is 11.4 Å². The van der Waals surface area contributed by atoms with Gasteiger partial charge in [-0.15, -0.1) is 0 Å². The lowest BCUT2D eigenvalue weighted by molar-refractivity contribution is 0.458. The molecule has 5 heteroatoms. The summed E-state index contributed by atoms with van der Waals surface area (Å²) in [7, 11) is 0. The molecule has 1 atom stereocenters. The summed E-state index contributed by atoms with van der Waals surface area (Å²) in [6.07, 6.45) is 7.11. The molecule has 0 spiro atoms. The molecule has 1 aliphatic heterocycles. The van der Waals surface area contributed by atoms with Crippen LogP contribution in [0.4, 0.5) is 5.95 Å². The highest BCUT2D eigenvalue weighted by Gasteiger charge is 2.23. The maximum absolute atomic E-state index is 5.87. The number of anilines is 1. The van der Waals surface area contributed by atoms with E-state index in [0.29, 0.717) is 12.6 Å². The van der Waals surface area contributed by atoms with Crippen molar-refractivity contribution in [1.29, 1.82) is 0 Å². The largest absolute Gasteiger partial charge is 0.337 e. The standard InChI is InChI=1S/C15H19N5/c16-11-12-5-2-4-10-20(12)15-18-9-7-14(19-15)13-6-1-3-8-17-13/h1,3,6-9,12H,2,4-5,10-11,16H2. The Bertz CT molecular complexity index is 557.